The number of esters is 1. The lowest BCUT2D eigenvalue weighted by atomic mass is 10.3. The van der Waals surface area contributed by atoms with Crippen LogP contribution in [0, 0.1) is 0 Å². The maximum absolute atomic E-state index is 12.1. The number of nitrogens with zero attached hydrogens (tertiary/aromatic N) is 1. The number of aromatic nitrogens is 1. The van der Waals surface area contributed by atoms with Gasteiger partial charge in [0.1, 0.15) is 4.90 Å². The molecule has 0 amide bonds. The van der Waals surface area contributed by atoms with Gasteiger partial charge in [0.05, 0.1) is 12.7 Å². The summed E-state index contributed by atoms with van der Waals surface area (Å²) in [7, 11) is -2.58. The maximum Gasteiger partial charge on any atom is 0.339 e. The van der Waals surface area contributed by atoms with E-state index in [1.165, 1.54) is 19.4 Å². The van der Waals surface area contributed by atoms with Gasteiger partial charge in [0, 0.05) is 18.4 Å². The summed E-state index contributed by atoms with van der Waals surface area (Å²) in [5, 5.41) is 0. The summed E-state index contributed by atoms with van der Waals surface area (Å²) >= 11 is 0. The molecular formula is C11H16N2O4S. The lowest BCUT2D eigenvalue weighted by Crippen LogP contribution is -2.33. The number of rotatable bonds is 5. The van der Waals surface area contributed by atoms with Crippen molar-refractivity contribution >= 4 is 16.0 Å². The predicted octanol–water partition coefficient (Wildman–Crippen LogP) is 0.945. The van der Waals surface area contributed by atoms with Crippen molar-refractivity contribution in [1.29, 1.82) is 0 Å². The minimum atomic E-state index is -3.77. The Morgan fingerprint density at radius 1 is 1.56 bits per heavy atom. The van der Waals surface area contributed by atoms with Crippen LogP contribution in [0.25, 0.3) is 0 Å². The number of pyridine rings is 1. The molecular weight excluding hydrogens is 256 g/mol. The molecule has 0 radical (unpaired) electrons. The van der Waals surface area contributed by atoms with E-state index in [1.807, 2.05) is 6.92 Å². The Morgan fingerprint density at radius 2 is 2.22 bits per heavy atom. The minimum Gasteiger partial charge on any atom is -0.465 e. The number of carbonyl (C=O) groups is 1. The predicted molar refractivity (Wildman–Crippen MR) is 65.7 cm³/mol. The molecule has 0 bridgehead atoms. The molecule has 0 saturated carbocycles. The third-order valence-electron chi connectivity index (χ3n) is 2.45. The van der Waals surface area contributed by atoms with Gasteiger partial charge in [-0.25, -0.2) is 17.9 Å². The second-order valence-electron chi connectivity index (χ2n) is 3.79. The molecule has 1 aromatic heterocycles. The molecule has 0 aliphatic heterocycles. The Hall–Kier alpha value is -1.47. The molecule has 1 atom stereocenters. The molecule has 0 spiro atoms. The van der Waals surface area contributed by atoms with Crippen LogP contribution in [0.5, 0.6) is 0 Å². The fraction of sp³-hybridized carbons (Fsp3) is 0.455. The normalized spacial score (nSPS) is 13.1. The standard InChI is InChI=1S/C11H16N2O4S/c1-4-8(2)13-18(15,16)10-7-12-6-5-9(10)11(14)17-3/h5-8,13H,4H2,1-3H3. The van der Waals surface area contributed by atoms with Gasteiger partial charge in [-0.05, 0) is 19.4 Å². The van der Waals surface area contributed by atoms with Crippen LogP contribution in [-0.2, 0) is 14.8 Å². The van der Waals surface area contributed by atoms with Crippen LogP contribution < -0.4 is 4.72 Å². The largest absolute Gasteiger partial charge is 0.465 e. The molecule has 0 aromatic carbocycles. The number of hydrogen-bond acceptors (Lipinski definition) is 5. The molecule has 1 rings (SSSR count). The van der Waals surface area contributed by atoms with Gasteiger partial charge in [-0.1, -0.05) is 6.92 Å². The maximum atomic E-state index is 12.1. The summed E-state index contributed by atoms with van der Waals surface area (Å²) in [6, 6.07) is 1.09. The monoisotopic (exact) mass is 272 g/mol. The molecule has 0 aliphatic carbocycles. The Bertz CT molecular complexity index is 528. The minimum absolute atomic E-state index is 0.0247. The zero-order chi connectivity index (χ0) is 13.8. The van der Waals surface area contributed by atoms with Crippen molar-refractivity contribution in [3.63, 3.8) is 0 Å². The smallest absolute Gasteiger partial charge is 0.339 e. The van der Waals surface area contributed by atoms with Gasteiger partial charge >= 0.3 is 5.97 Å². The highest BCUT2D eigenvalue weighted by atomic mass is 32.2. The Kier molecular flexibility index (Phi) is 4.80. The lowest BCUT2D eigenvalue weighted by molar-refractivity contribution is 0.0596. The number of methoxy groups -OCH3 is 1. The van der Waals surface area contributed by atoms with Gasteiger partial charge in [-0.3, -0.25) is 4.98 Å². The van der Waals surface area contributed by atoms with Crippen LogP contribution in [-0.4, -0.2) is 32.5 Å². The van der Waals surface area contributed by atoms with E-state index in [9.17, 15) is 13.2 Å². The number of carbonyl (C=O) groups excluding carboxylic acids is 1. The molecule has 6 nitrogen and oxygen atoms in total. The van der Waals surface area contributed by atoms with Gasteiger partial charge in [0.2, 0.25) is 10.0 Å². The Morgan fingerprint density at radius 3 is 2.78 bits per heavy atom. The fourth-order valence-corrected chi connectivity index (χ4v) is 2.75. The summed E-state index contributed by atoms with van der Waals surface area (Å²) in [4.78, 5) is 15.1. The van der Waals surface area contributed by atoms with Gasteiger partial charge < -0.3 is 4.74 Å². The first-order valence-electron chi connectivity index (χ1n) is 5.47. The van der Waals surface area contributed by atoms with E-state index in [-0.39, 0.29) is 16.5 Å². The summed E-state index contributed by atoms with van der Waals surface area (Å²) in [6.07, 6.45) is 3.12. The summed E-state index contributed by atoms with van der Waals surface area (Å²) in [5.74, 6) is -0.707. The highest BCUT2D eigenvalue weighted by Crippen LogP contribution is 2.15. The van der Waals surface area contributed by atoms with E-state index in [4.69, 9.17) is 0 Å². The molecule has 1 heterocycles. The lowest BCUT2D eigenvalue weighted by Gasteiger charge is -2.13. The van der Waals surface area contributed by atoms with Crippen LogP contribution in [0.1, 0.15) is 30.6 Å². The van der Waals surface area contributed by atoms with Crippen molar-refractivity contribution in [1.82, 2.24) is 9.71 Å². The molecule has 100 valence electrons. The Balaban J connectivity index is 3.20. The number of hydrogen-bond donors (Lipinski definition) is 1. The SMILES string of the molecule is CCC(C)NS(=O)(=O)c1cnccc1C(=O)OC. The van der Waals surface area contributed by atoms with E-state index in [0.29, 0.717) is 6.42 Å². The van der Waals surface area contributed by atoms with E-state index in [1.54, 1.807) is 6.92 Å². The topological polar surface area (TPSA) is 85.4 Å². The first-order chi connectivity index (χ1) is 8.42. The Labute approximate surface area is 106 Å². The third kappa shape index (κ3) is 3.27. The van der Waals surface area contributed by atoms with E-state index in [2.05, 4.69) is 14.4 Å². The quantitative estimate of drug-likeness (QED) is 0.806. The summed E-state index contributed by atoms with van der Waals surface area (Å²) < 4.78 is 31.2. The second-order valence-corrected chi connectivity index (χ2v) is 5.48. The molecule has 1 N–H and O–H groups in total. The van der Waals surface area contributed by atoms with Crippen LogP contribution in [0.4, 0.5) is 0 Å². The van der Waals surface area contributed by atoms with Crippen LogP contribution in [0.3, 0.4) is 0 Å². The second kappa shape index (κ2) is 5.92. The molecule has 0 aliphatic rings. The van der Waals surface area contributed by atoms with Crippen LogP contribution in [0.2, 0.25) is 0 Å². The van der Waals surface area contributed by atoms with Crippen molar-refractivity contribution in [3.8, 4) is 0 Å². The summed E-state index contributed by atoms with van der Waals surface area (Å²) in [6.45, 7) is 3.60. The average molecular weight is 272 g/mol. The van der Waals surface area contributed by atoms with Crippen LogP contribution >= 0.6 is 0 Å². The van der Waals surface area contributed by atoms with Crippen molar-refractivity contribution in [2.75, 3.05) is 7.11 Å². The van der Waals surface area contributed by atoms with E-state index < -0.39 is 16.0 Å². The van der Waals surface area contributed by atoms with E-state index in [0.717, 1.165) is 6.20 Å². The number of nitrogens with one attached hydrogen (secondary N) is 1. The van der Waals surface area contributed by atoms with Crippen molar-refractivity contribution < 1.29 is 17.9 Å². The molecule has 1 unspecified atom stereocenters. The molecule has 1 aromatic rings. The van der Waals surface area contributed by atoms with Gasteiger partial charge in [-0.15, -0.1) is 0 Å². The van der Waals surface area contributed by atoms with Crippen molar-refractivity contribution in [2.24, 2.45) is 0 Å². The molecule has 18 heavy (non-hydrogen) atoms. The highest BCUT2D eigenvalue weighted by Gasteiger charge is 2.24. The zero-order valence-corrected chi connectivity index (χ0v) is 11.3. The first-order valence-corrected chi connectivity index (χ1v) is 6.95. The molecule has 0 saturated heterocycles. The first kappa shape index (κ1) is 14.6. The van der Waals surface area contributed by atoms with E-state index >= 15 is 0 Å². The van der Waals surface area contributed by atoms with Gasteiger partial charge in [0.15, 0.2) is 0 Å². The van der Waals surface area contributed by atoms with Gasteiger partial charge in [-0.2, -0.15) is 0 Å². The number of ether oxygens (including phenoxy) is 1. The van der Waals surface area contributed by atoms with Crippen molar-refractivity contribution in [2.45, 2.75) is 31.2 Å². The van der Waals surface area contributed by atoms with Gasteiger partial charge in [0.25, 0.3) is 0 Å². The third-order valence-corrected chi connectivity index (χ3v) is 4.07. The van der Waals surface area contributed by atoms with Crippen LogP contribution in [0.15, 0.2) is 23.4 Å². The van der Waals surface area contributed by atoms with Crippen molar-refractivity contribution in [3.05, 3.63) is 24.0 Å². The number of sulfonamides is 1. The average Bonchev–Trinajstić information content (AvgIpc) is 2.37. The summed E-state index contributed by atoms with van der Waals surface area (Å²) in [5.41, 5.74) is -0.0247. The molecule has 7 heteroatoms. The zero-order valence-electron chi connectivity index (χ0n) is 10.5. The highest BCUT2D eigenvalue weighted by molar-refractivity contribution is 7.89. The fourth-order valence-electron chi connectivity index (χ4n) is 1.28. The molecule has 0 fully saturated rings.